The highest BCUT2D eigenvalue weighted by atomic mass is 15.3. The third-order valence-corrected chi connectivity index (χ3v) is 1.64. The number of nitrogens with two attached hydrogens (primary N) is 1. The van der Waals surface area contributed by atoms with Crippen LogP contribution in [-0.4, -0.2) is 19.7 Å². The van der Waals surface area contributed by atoms with Crippen LogP contribution in [-0.2, 0) is 0 Å². The summed E-state index contributed by atoms with van der Waals surface area (Å²) in [6.07, 6.45) is 4.42. The fraction of sp³-hybridized carbons (Fsp3) is 0. The van der Waals surface area contributed by atoms with Crippen molar-refractivity contribution in [1.82, 2.24) is 19.7 Å². The Labute approximate surface area is 79.6 Å². The molecule has 0 aliphatic heterocycles. The summed E-state index contributed by atoms with van der Waals surface area (Å²) in [4.78, 5) is 7.69. The Balaban J connectivity index is 2.57. The lowest BCUT2D eigenvalue weighted by Gasteiger charge is -1.99. The highest BCUT2D eigenvalue weighted by Gasteiger charge is 2.05. The second-order valence-electron chi connectivity index (χ2n) is 2.56. The molecule has 0 amide bonds. The van der Waals surface area contributed by atoms with E-state index in [-0.39, 0.29) is 0 Å². The van der Waals surface area contributed by atoms with Crippen LogP contribution in [0.15, 0.2) is 24.8 Å². The maximum atomic E-state index is 8.78. The van der Waals surface area contributed by atoms with Crippen molar-refractivity contribution < 1.29 is 0 Å². The Morgan fingerprint density at radius 2 is 2.36 bits per heavy atom. The molecule has 0 aliphatic rings. The van der Waals surface area contributed by atoms with Gasteiger partial charge in [-0.3, -0.25) is 0 Å². The zero-order valence-corrected chi connectivity index (χ0v) is 7.12. The van der Waals surface area contributed by atoms with Gasteiger partial charge in [0.15, 0.2) is 5.82 Å². The molecule has 2 heterocycles. The summed E-state index contributed by atoms with van der Waals surface area (Å²) in [7, 11) is 0. The van der Waals surface area contributed by atoms with Crippen LogP contribution in [0.25, 0.3) is 5.82 Å². The second-order valence-corrected chi connectivity index (χ2v) is 2.56. The van der Waals surface area contributed by atoms with Gasteiger partial charge in [-0.15, -0.1) is 5.10 Å². The van der Waals surface area contributed by atoms with Crippen LogP contribution in [0.1, 0.15) is 5.56 Å². The molecule has 6 nitrogen and oxygen atoms in total. The molecule has 2 aromatic heterocycles. The van der Waals surface area contributed by atoms with Crippen LogP contribution in [0.5, 0.6) is 0 Å². The Bertz CT molecular complexity index is 495. The average molecular weight is 186 g/mol. The zero-order valence-electron chi connectivity index (χ0n) is 7.12. The van der Waals surface area contributed by atoms with Gasteiger partial charge in [0.2, 0.25) is 0 Å². The van der Waals surface area contributed by atoms with Gasteiger partial charge in [-0.1, -0.05) is 0 Å². The first-order valence-electron chi connectivity index (χ1n) is 3.83. The number of hydrogen-bond acceptors (Lipinski definition) is 5. The Hall–Kier alpha value is -2.42. The molecular formula is C8H6N6. The molecule has 0 atom stereocenters. The van der Waals surface area contributed by atoms with Crippen molar-refractivity contribution in [3.8, 4) is 11.9 Å². The molecular weight excluding hydrogens is 180 g/mol. The molecule has 2 rings (SSSR count). The van der Waals surface area contributed by atoms with Crippen LogP contribution in [0.2, 0.25) is 0 Å². The smallest absolute Gasteiger partial charge is 0.174 e. The van der Waals surface area contributed by atoms with Crippen molar-refractivity contribution >= 4 is 5.82 Å². The molecule has 0 saturated carbocycles. The Morgan fingerprint density at radius 3 is 3.00 bits per heavy atom. The van der Waals surface area contributed by atoms with Crippen LogP contribution in [0.4, 0.5) is 5.82 Å². The van der Waals surface area contributed by atoms with Crippen molar-refractivity contribution in [3.63, 3.8) is 0 Å². The van der Waals surface area contributed by atoms with Crippen LogP contribution in [0.3, 0.4) is 0 Å². The van der Waals surface area contributed by atoms with E-state index < -0.39 is 0 Å². The molecule has 0 spiro atoms. The summed E-state index contributed by atoms with van der Waals surface area (Å²) in [5.74, 6) is 0.812. The second kappa shape index (κ2) is 3.14. The number of rotatable bonds is 1. The molecule has 68 valence electrons. The molecule has 2 aromatic rings. The van der Waals surface area contributed by atoms with Crippen LogP contribution in [0, 0.1) is 11.3 Å². The van der Waals surface area contributed by atoms with Gasteiger partial charge in [0.05, 0.1) is 6.20 Å². The van der Waals surface area contributed by atoms with Crippen molar-refractivity contribution in [2.45, 2.75) is 0 Å². The van der Waals surface area contributed by atoms with Crippen molar-refractivity contribution in [2.24, 2.45) is 0 Å². The third-order valence-electron chi connectivity index (χ3n) is 1.64. The molecule has 0 unspecified atom stereocenters. The number of aromatic nitrogens is 4. The van der Waals surface area contributed by atoms with Gasteiger partial charge in [-0.05, 0) is 0 Å². The molecule has 2 N–H and O–H groups in total. The van der Waals surface area contributed by atoms with E-state index in [1.807, 2.05) is 6.07 Å². The lowest BCUT2D eigenvalue weighted by Crippen LogP contribution is -2.02. The van der Waals surface area contributed by atoms with E-state index in [2.05, 4.69) is 15.1 Å². The number of hydrogen-bond donors (Lipinski definition) is 1. The minimum atomic E-state index is 0.357. The topological polar surface area (TPSA) is 93.4 Å². The monoisotopic (exact) mass is 186 g/mol. The first-order chi connectivity index (χ1) is 6.81. The number of nitrogen functional groups attached to an aromatic ring is 1. The highest BCUT2D eigenvalue weighted by Crippen LogP contribution is 2.08. The number of nitrogens with zero attached hydrogens (tertiary/aromatic N) is 5. The van der Waals surface area contributed by atoms with Crippen LogP contribution >= 0.6 is 0 Å². The van der Waals surface area contributed by atoms with E-state index in [1.165, 1.54) is 17.2 Å². The molecule has 6 heteroatoms. The Morgan fingerprint density at radius 1 is 1.50 bits per heavy atom. The van der Waals surface area contributed by atoms with Crippen molar-refractivity contribution in [3.05, 3.63) is 30.4 Å². The maximum absolute atomic E-state index is 8.78. The number of anilines is 1. The molecule has 0 fully saturated rings. The largest absolute Gasteiger partial charge is 0.382 e. The molecule has 0 aromatic carbocycles. The van der Waals surface area contributed by atoms with Gasteiger partial charge in [0.25, 0.3) is 0 Å². The van der Waals surface area contributed by atoms with E-state index in [1.54, 1.807) is 12.3 Å². The summed E-state index contributed by atoms with van der Waals surface area (Å²) in [5.41, 5.74) is 5.81. The molecule has 14 heavy (non-hydrogen) atoms. The summed E-state index contributed by atoms with van der Waals surface area (Å²) in [5, 5.41) is 12.7. The van der Waals surface area contributed by atoms with Gasteiger partial charge < -0.3 is 5.73 Å². The van der Waals surface area contributed by atoms with E-state index >= 15 is 0 Å². The van der Waals surface area contributed by atoms with Gasteiger partial charge in [0, 0.05) is 12.3 Å². The quantitative estimate of drug-likeness (QED) is 0.682. The van der Waals surface area contributed by atoms with Gasteiger partial charge in [-0.25, -0.2) is 14.6 Å². The fourth-order valence-corrected chi connectivity index (χ4v) is 1.04. The number of nitriles is 1. The zero-order chi connectivity index (χ0) is 9.97. The standard InChI is InChI=1S/C8H6N6/c9-3-6-4-11-5-12-8(6)14-2-1-7(10)13-14/h1-2,4-5H,(H2,10,13). The highest BCUT2D eigenvalue weighted by molar-refractivity contribution is 5.41. The summed E-state index contributed by atoms with van der Waals surface area (Å²) in [6, 6.07) is 3.60. The SMILES string of the molecule is N#Cc1cncnc1-n1ccc(N)n1. The van der Waals surface area contributed by atoms with E-state index in [9.17, 15) is 0 Å². The minimum Gasteiger partial charge on any atom is -0.382 e. The van der Waals surface area contributed by atoms with Crippen LogP contribution < -0.4 is 5.73 Å². The van der Waals surface area contributed by atoms with E-state index in [0.717, 1.165) is 0 Å². The lowest BCUT2D eigenvalue weighted by atomic mass is 10.3. The predicted molar refractivity (Wildman–Crippen MR) is 48.3 cm³/mol. The summed E-state index contributed by atoms with van der Waals surface area (Å²) >= 11 is 0. The summed E-state index contributed by atoms with van der Waals surface area (Å²) < 4.78 is 1.44. The van der Waals surface area contributed by atoms with Gasteiger partial charge >= 0.3 is 0 Å². The summed E-state index contributed by atoms with van der Waals surface area (Å²) in [6.45, 7) is 0. The lowest BCUT2D eigenvalue weighted by molar-refractivity contribution is 0.839. The van der Waals surface area contributed by atoms with E-state index in [0.29, 0.717) is 17.2 Å². The first-order valence-corrected chi connectivity index (χ1v) is 3.83. The fourth-order valence-electron chi connectivity index (χ4n) is 1.04. The molecule has 0 saturated heterocycles. The average Bonchev–Trinajstić information content (AvgIpc) is 2.65. The van der Waals surface area contributed by atoms with E-state index in [4.69, 9.17) is 11.0 Å². The minimum absolute atomic E-state index is 0.357. The van der Waals surface area contributed by atoms with Crippen molar-refractivity contribution in [1.29, 1.82) is 5.26 Å². The maximum Gasteiger partial charge on any atom is 0.174 e. The third kappa shape index (κ3) is 1.27. The first kappa shape index (κ1) is 8.19. The van der Waals surface area contributed by atoms with Crippen molar-refractivity contribution in [2.75, 3.05) is 5.73 Å². The van der Waals surface area contributed by atoms with Gasteiger partial charge in [0.1, 0.15) is 23.8 Å². The van der Waals surface area contributed by atoms with Gasteiger partial charge in [-0.2, -0.15) is 5.26 Å². The Kier molecular flexibility index (Phi) is 1.84. The molecule has 0 radical (unpaired) electrons. The molecule has 0 aliphatic carbocycles. The predicted octanol–water partition coefficient (Wildman–Crippen LogP) is 0.116. The molecule has 0 bridgehead atoms. The normalized spacial score (nSPS) is 9.64.